The van der Waals surface area contributed by atoms with Crippen molar-refractivity contribution in [3.63, 3.8) is 0 Å². The molecule has 2 aromatic rings. The van der Waals surface area contributed by atoms with Gasteiger partial charge in [0.05, 0.1) is 0 Å². The first-order chi connectivity index (χ1) is 12.6. The zero-order valence-corrected chi connectivity index (χ0v) is 16.8. The first-order valence-electron chi connectivity index (χ1n) is 9.82. The molecule has 1 aliphatic carbocycles. The van der Waals surface area contributed by atoms with Crippen LogP contribution < -0.4 is 10.6 Å². The summed E-state index contributed by atoms with van der Waals surface area (Å²) in [6.07, 6.45) is 8.27. The molecule has 26 heavy (non-hydrogen) atoms. The maximum absolute atomic E-state index is 5.64. The molecule has 0 aromatic heterocycles. The van der Waals surface area contributed by atoms with Gasteiger partial charge in [0.15, 0.2) is 5.11 Å². The van der Waals surface area contributed by atoms with Crippen LogP contribution in [0, 0.1) is 6.92 Å². The molecule has 0 amide bonds. The second kappa shape index (κ2) is 8.68. The van der Waals surface area contributed by atoms with Crippen molar-refractivity contribution < 1.29 is 0 Å². The van der Waals surface area contributed by atoms with Gasteiger partial charge in [0.25, 0.3) is 0 Å². The first-order valence-corrected chi connectivity index (χ1v) is 10.2. The van der Waals surface area contributed by atoms with Crippen molar-refractivity contribution in [2.24, 2.45) is 0 Å². The fourth-order valence-electron chi connectivity index (χ4n) is 3.97. The zero-order valence-electron chi connectivity index (χ0n) is 16.0. The molecule has 138 valence electrons. The summed E-state index contributed by atoms with van der Waals surface area (Å²) in [5.41, 5.74) is 5.30. The van der Waals surface area contributed by atoms with Crippen LogP contribution in [0.25, 0.3) is 0 Å². The van der Waals surface area contributed by atoms with Crippen molar-refractivity contribution in [1.82, 2.24) is 5.32 Å². The van der Waals surface area contributed by atoms with Crippen molar-refractivity contribution in [2.75, 3.05) is 5.32 Å². The van der Waals surface area contributed by atoms with E-state index >= 15 is 0 Å². The van der Waals surface area contributed by atoms with Crippen molar-refractivity contribution in [2.45, 2.75) is 64.3 Å². The third kappa shape index (κ3) is 5.07. The van der Waals surface area contributed by atoms with Gasteiger partial charge >= 0.3 is 0 Å². The largest absolute Gasteiger partial charge is 0.357 e. The van der Waals surface area contributed by atoms with Crippen LogP contribution in [-0.2, 0) is 12.8 Å². The minimum absolute atomic E-state index is 0.136. The molecular weight excluding hydrogens is 336 g/mol. The third-order valence-electron chi connectivity index (χ3n) is 5.53. The lowest BCUT2D eigenvalue weighted by Crippen LogP contribution is -2.48. The molecule has 0 heterocycles. The van der Waals surface area contributed by atoms with E-state index < -0.39 is 0 Å². The van der Waals surface area contributed by atoms with Crippen molar-refractivity contribution in [1.29, 1.82) is 0 Å². The first kappa shape index (κ1) is 18.9. The van der Waals surface area contributed by atoms with Gasteiger partial charge in [-0.25, -0.2) is 0 Å². The summed E-state index contributed by atoms with van der Waals surface area (Å²) < 4.78 is 0. The fraction of sp³-hybridized carbons (Fsp3) is 0.435. The Bertz CT molecular complexity index is 730. The molecule has 3 rings (SSSR count). The molecular formula is C23H30N2S. The van der Waals surface area contributed by atoms with Crippen LogP contribution in [0.4, 0.5) is 5.69 Å². The second-order valence-electron chi connectivity index (χ2n) is 7.61. The molecule has 0 aliphatic heterocycles. The molecule has 0 atom stereocenters. The van der Waals surface area contributed by atoms with Crippen LogP contribution in [0.3, 0.4) is 0 Å². The van der Waals surface area contributed by atoms with Gasteiger partial charge < -0.3 is 10.6 Å². The van der Waals surface area contributed by atoms with Gasteiger partial charge in [-0.2, -0.15) is 0 Å². The molecule has 2 aromatic carbocycles. The summed E-state index contributed by atoms with van der Waals surface area (Å²) in [4.78, 5) is 0. The van der Waals surface area contributed by atoms with Gasteiger partial charge in [-0.05, 0) is 74.5 Å². The third-order valence-corrected chi connectivity index (χ3v) is 5.74. The lowest BCUT2D eigenvalue weighted by Gasteiger charge is -2.32. The standard InChI is InChI=1S/C23H30N2S/c1-3-19-9-11-21(12-10-19)24-22(26)25-23(14-4-5-15-23)16-13-20-8-6-7-18(2)17-20/h6-12,17H,3-5,13-16H2,1-2H3,(H2,24,25,26). The molecule has 1 fully saturated rings. The van der Waals surface area contributed by atoms with Crippen LogP contribution >= 0.6 is 12.2 Å². The monoisotopic (exact) mass is 366 g/mol. The highest BCUT2D eigenvalue weighted by Crippen LogP contribution is 2.34. The highest BCUT2D eigenvalue weighted by molar-refractivity contribution is 7.80. The van der Waals surface area contributed by atoms with E-state index in [1.807, 2.05) is 0 Å². The minimum atomic E-state index is 0.136. The number of aryl methyl sites for hydroxylation is 3. The number of nitrogens with one attached hydrogen (secondary N) is 2. The van der Waals surface area contributed by atoms with Crippen molar-refractivity contribution in [3.8, 4) is 0 Å². The molecule has 0 bridgehead atoms. The number of hydrogen-bond acceptors (Lipinski definition) is 1. The second-order valence-corrected chi connectivity index (χ2v) is 8.01. The van der Waals surface area contributed by atoms with Crippen LogP contribution in [0.1, 0.15) is 55.7 Å². The summed E-state index contributed by atoms with van der Waals surface area (Å²) in [7, 11) is 0. The SMILES string of the molecule is CCc1ccc(NC(=S)NC2(CCc3cccc(C)c3)CCCC2)cc1. The van der Waals surface area contributed by atoms with E-state index in [0.29, 0.717) is 0 Å². The number of thiocarbonyl (C=S) groups is 1. The summed E-state index contributed by atoms with van der Waals surface area (Å²) >= 11 is 5.64. The Labute approximate surface area is 163 Å². The Morgan fingerprint density at radius 3 is 2.42 bits per heavy atom. The smallest absolute Gasteiger partial charge is 0.171 e. The van der Waals surface area contributed by atoms with Crippen LogP contribution in [0.5, 0.6) is 0 Å². The average Bonchev–Trinajstić information content (AvgIpc) is 3.09. The molecule has 0 radical (unpaired) electrons. The van der Waals surface area contributed by atoms with E-state index in [4.69, 9.17) is 12.2 Å². The van der Waals surface area contributed by atoms with E-state index in [-0.39, 0.29) is 5.54 Å². The Morgan fingerprint density at radius 1 is 1.04 bits per heavy atom. The molecule has 0 unspecified atom stereocenters. The number of anilines is 1. The Kier molecular flexibility index (Phi) is 6.31. The van der Waals surface area contributed by atoms with E-state index in [2.05, 4.69) is 73.0 Å². The molecule has 2 nitrogen and oxygen atoms in total. The maximum Gasteiger partial charge on any atom is 0.171 e. The minimum Gasteiger partial charge on any atom is -0.357 e. The Balaban J connectivity index is 1.60. The molecule has 3 heteroatoms. The average molecular weight is 367 g/mol. The van der Waals surface area contributed by atoms with Gasteiger partial charge in [0.1, 0.15) is 0 Å². The van der Waals surface area contributed by atoms with Crippen molar-refractivity contribution >= 4 is 23.0 Å². The predicted octanol–water partition coefficient (Wildman–Crippen LogP) is 5.79. The summed E-state index contributed by atoms with van der Waals surface area (Å²) in [5.74, 6) is 0. The quantitative estimate of drug-likeness (QED) is 0.633. The van der Waals surface area contributed by atoms with Gasteiger partial charge in [-0.3, -0.25) is 0 Å². The van der Waals surface area contributed by atoms with Crippen LogP contribution in [0.2, 0.25) is 0 Å². The molecule has 2 N–H and O–H groups in total. The fourth-order valence-corrected chi connectivity index (χ4v) is 4.30. The van der Waals surface area contributed by atoms with Crippen LogP contribution in [0.15, 0.2) is 48.5 Å². The normalized spacial score (nSPS) is 15.6. The lowest BCUT2D eigenvalue weighted by molar-refractivity contribution is 0.362. The van der Waals surface area contributed by atoms with Gasteiger partial charge in [-0.15, -0.1) is 0 Å². The predicted molar refractivity (Wildman–Crippen MR) is 116 cm³/mol. The van der Waals surface area contributed by atoms with E-state index in [1.54, 1.807) is 0 Å². The lowest BCUT2D eigenvalue weighted by atomic mass is 9.89. The van der Waals surface area contributed by atoms with Gasteiger partial charge in [0.2, 0.25) is 0 Å². The van der Waals surface area contributed by atoms with Gasteiger partial charge in [0, 0.05) is 11.2 Å². The maximum atomic E-state index is 5.64. The van der Waals surface area contributed by atoms with Crippen LogP contribution in [-0.4, -0.2) is 10.7 Å². The molecule has 0 spiro atoms. The number of benzene rings is 2. The molecule has 0 saturated heterocycles. The number of rotatable bonds is 6. The van der Waals surface area contributed by atoms with Gasteiger partial charge in [-0.1, -0.05) is 61.7 Å². The Morgan fingerprint density at radius 2 is 1.77 bits per heavy atom. The Hall–Kier alpha value is -1.87. The summed E-state index contributed by atoms with van der Waals surface area (Å²) in [6, 6.07) is 17.4. The van der Waals surface area contributed by atoms with E-state index in [0.717, 1.165) is 30.1 Å². The van der Waals surface area contributed by atoms with E-state index in [9.17, 15) is 0 Å². The summed E-state index contributed by atoms with van der Waals surface area (Å²) in [6.45, 7) is 4.34. The highest BCUT2D eigenvalue weighted by atomic mass is 32.1. The topological polar surface area (TPSA) is 24.1 Å². The molecule has 1 aliphatic rings. The number of hydrogen-bond donors (Lipinski definition) is 2. The van der Waals surface area contributed by atoms with E-state index in [1.165, 1.54) is 42.4 Å². The molecule has 1 saturated carbocycles. The summed E-state index contributed by atoms with van der Waals surface area (Å²) in [5, 5.41) is 7.80. The zero-order chi connectivity index (χ0) is 18.4. The van der Waals surface area contributed by atoms with Crippen molar-refractivity contribution in [3.05, 3.63) is 65.2 Å². The highest BCUT2D eigenvalue weighted by Gasteiger charge is 2.34.